The van der Waals surface area contributed by atoms with Crippen molar-refractivity contribution in [2.45, 2.75) is 424 Å². The van der Waals surface area contributed by atoms with Crippen LogP contribution in [-0.4, -0.2) is 47.4 Å². The van der Waals surface area contributed by atoms with Crippen LogP contribution in [0.25, 0.3) is 0 Å². The molecule has 0 bridgehead atoms. The van der Waals surface area contributed by atoms with Crippen LogP contribution < -0.4 is 5.32 Å². The highest BCUT2D eigenvalue weighted by atomic mass is 16.5. The molecule has 0 rings (SSSR count). The Morgan fingerprint density at radius 3 is 0.963 bits per heavy atom. The van der Waals surface area contributed by atoms with E-state index in [-0.39, 0.29) is 18.5 Å². The molecule has 0 fully saturated rings. The minimum atomic E-state index is -0.839. The van der Waals surface area contributed by atoms with E-state index < -0.39 is 12.1 Å². The van der Waals surface area contributed by atoms with E-state index in [0.29, 0.717) is 19.4 Å². The van der Waals surface area contributed by atoms with Crippen molar-refractivity contribution in [3.8, 4) is 0 Å². The SMILES string of the molecule is CCCC/C=C\C/C=C\CCCCCCCC(=O)OCCCCCCCCCCCCCCCCCCCCCCCCCCCCCCCCCCCCCCCCCC(=O)NC(CO)C(O)/C=C/CCCCCCCCCCCC. The van der Waals surface area contributed by atoms with Gasteiger partial charge in [-0.3, -0.25) is 9.59 Å². The van der Waals surface area contributed by atoms with Crippen LogP contribution in [0.5, 0.6) is 0 Å². The Balaban J connectivity index is 3.29. The van der Waals surface area contributed by atoms with E-state index in [0.717, 1.165) is 51.4 Å². The lowest BCUT2D eigenvalue weighted by Gasteiger charge is -2.20. The van der Waals surface area contributed by atoms with Gasteiger partial charge in [0.05, 0.1) is 25.4 Å². The largest absolute Gasteiger partial charge is 0.466 e. The number of nitrogens with one attached hydrogen (secondary N) is 1. The third kappa shape index (κ3) is 67.2. The van der Waals surface area contributed by atoms with E-state index >= 15 is 0 Å². The molecule has 0 aliphatic rings. The first-order chi connectivity index (χ1) is 40.5. The third-order valence-corrected chi connectivity index (χ3v) is 17.4. The Hall–Kier alpha value is -1.92. The molecular weight excluding hydrogens is 1010 g/mol. The van der Waals surface area contributed by atoms with Crippen molar-refractivity contribution in [1.29, 1.82) is 0 Å². The number of amides is 1. The Kier molecular flexibility index (Phi) is 69.9. The summed E-state index contributed by atoms with van der Waals surface area (Å²) < 4.78 is 5.49. The minimum absolute atomic E-state index is 0.00944. The Morgan fingerprint density at radius 1 is 0.341 bits per heavy atom. The van der Waals surface area contributed by atoms with Gasteiger partial charge in [0.25, 0.3) is 0 Å². The number of allylic oxidation sites excluding steroid dienone is 5. The summed E-state index contributed by atoms with van der Waals surface area (Å²) in [6.07, 6.45) is 92.7. The predicted octanol–water partition coefficient (Wildman–Crippen LogP) is 24.3. The van der Waals surface area contributed by atoms with E-state index in [4.69, 9.17) is 4.74 Å². The Labute approximate surface area is 513 Å². The number of hydrogen-bond acceptors (Lipinski definition) is 5. The maximum atomic E-state index is 12.5. The molecule has 0 aliphatic carbocycles. The van der Waals surface area contributed by atoms with Crippen LogP contribution in [0.3, 0.4) is 0 Å². The van der Waals surface area contributed by atoms with Crippen LogP contribution in [0, 0.1) is 0 Å². The first-order valence-corrected chi connectivity index (χ1v) is 37.3. The molecule has 0 saturated heterocycles. The molecular formula is C76H145NO5. The van der Waals surface area contributed by atoms with Gasteiger partial charge in [-0.25, -0.2) is 0 Å². The van der Waals surface area contributed by atoms with Gasteiger partial charge >= 0.3 is 5.97 Å². The van der Waals surface area contributed by atoms with Crippen LogP contribution >= 0.6 is 0 Å². The molecule has 2 atom stereocenters. The van der Waals surface area contributed by atoms with E-state index in [1.165, 1.54) is 334 Å². The Morgan fingerprint density at radius 2 is 0.622 bits per heavy atom. The van der Waals surface area contributed by atoms with Gasteiger partial charge in [0, 0.05) is 12.8 Å². The summed E-state index contributed by atoms with van der Waals surface area (Å²) in [6, 6.07) is -0.622. The number of aliphatic hydroxyl groups excluding tert-OH is 2. The van der Waals surface area contributed by atoms with Gasteiger partial charge < -0.3 is 20.3 Å². The summed E-state index contributed by atoms with van der Waals surface area (Å²) in [4.78, 5) is 24.5. The van der Waals surface area contributed by atoms with Crippen molar-refractivity contribution in [3.63, 3.8) is 0 Å². The number of ether oxygens (including phenoxy) is 1. The number of aliphatic hydroxyl groups is 2. The van der Waals surface area contributed by atoms with Crippen molar-refractivity contribution in [3.05, 3.63) is 36.5 Å². The summed E-state index contributed by atoms with van der Waals surface area (Å²) in [7, 11) is 0. The molecule has 0 heterocycles. The third-order valence-electron chi connectivity index (χ3n) is 17.4. The van der Waals surface area contributed by atoms with Gasteiger partial charge in [0.15, 0.2) is 0 Å². The maximum absolute atomic E-state index is 12.5. The first kappa shape index (κ1) is 80.1. The molecule has 0 aromatic rings. The quantitative estimate of drug-likeness (QED) is 0.0320. The maximum Gasteiger partial charge on any atom is 0.305 e. The zero-order valence-electron chi connectivity index (χ0n) is 55.5. The predicted molar refractivity (Wildman–Crippen MR) is 361 cm³/mol. The van der Waals surface area contributed by atoms with Crippen LogP contribution in [0.1, 0.15) is 412 Å². The topological polar surface area (TPSA) is 95.9 Å². The fourth-order valence-corrected chi connectivity index (χ4v) is 11.7. The highest BCUT2D eigenvalue weighted by molar-refractivity contribution is 5.76. The number of hydrogen-bond donors (Lipinski definition) is 3. The molecule has 1 amide bonds. The van der Waals surface area contributed by atoms with E-state index in [1.54, 1.807) is 6.08 Å². The van der Waals surface area contributed by atoms with Crippen LogP contribution in [0.15, 0.2) is 36.5 Å². The second kappa shape index (κ2) is 71.6. The lowest BCUT2D eigenvalue weighted by atomic mass is 10.0. The number of carbonyl (C=O) groups is 2. The van der Waals surface area contributed by atoms with Crippen molar-refractivity contribution in [2.75, 3.05) is 13.2 Å². The molecule has 6 heteroatoms. The molecule has 3 N–H and O–H groups in total. The van der Waals surface area contributed by atoms with Crippen molar-refractivity contribution in [2.24, 2.45) is 0 Å². The van der Waals surface area contributed by atoms with Crippen LogP contribution in [0.2, 0.25) is 0 Å². The molecule has 0 spiro atoms. The van der Waals surface area contributed by atoms with Gasteiger partial charge in [0.1, 0.15) is 0 Å². The zero-order valence-corrected chi connectivity index (χ0v) is 55.5. The Bertz CT molecular complexity index is 1330. The second-order valence-electron chi connectivity index (χ2n) is 25.6. The van der Waals surface area contributed by atoms with Gasteiger partial charge in [-0.05, 0) is 57.8 Å². The van der Waals surface area contributed by atoms with Gasteiger partial charge in [-0.2, -0.15) is 0 Å². The normalized spacial score (nSPS) is 12.7. The van der Waals surface area contributed by atoms with E-state index in [2.05, 4.69) is 43.5 Å². The van der Waals surface area contributed by atoms with Crippen molar-refractivity contribution < 1.29 is 24.5 Å². The lowest BCUT2D eigenvalue weighted by molar-refractivity contribution is -0.143. The van der Waals surface area contributed by atoms with Crippen molar-refractivity contribution >= 4 is 11.9 Å². The van der Waals surface area contributed by atoms with E-state index in [1.807, 2.05) is 6.08 Å². The van der Waals surface area contributed by atoms with Crippen molar-refractivity contribution in [1.82, 2.24) is 5.32 Å². The molecule has 0 aromatic carbocycles. The molecule has 0 radical (unpaired) electrons. The molecule has 82 heavy (non-hydrogen) atoms. The second-order valence-corrected chi connectivity index (χ2v) is 25.6. The standard InChI is InChI=1S/C76H145NO5/c1-3-5-7-9-11-13-15-17-46-50-54-58-62-66-70-76(81)82-71-67-63-59-55-51-47-44-42-40-38-36-34-32-30-28-26-24-22-20-18-19-21-23-25-27-29-31-33-35-37-39-41-43-45-49-53-57-61-65-69-75(80)77-73(72-78)74(79)68-64-60-56-52-48-16-14-12-10-8-6-4-2/h9,11,15,17,64,68,73-74,78-79H,3-8,10,12-14,16,18-63,65-67,69-72H2,1-2H3,(H,77,80)/b11-9-,17-15-,68-64+. The fraction of sp³-hybridized carbons (Fsp3) is 0.895. The average Bonchev–Trinajstić information content (AvgIpc) is 3.48. The summed E-state index contributed by atoms with van der Waals surface area (Å²) in [6.45, 7) is 4.88. The van der Waals surface area contributed by atoms with Gasteiger partial charge in [-0.15, -0.1) is 0 Å². The summed E-state index contributed by atoms with van der Waals surface area (Å²) in [5.74, 6) is -0.0514. The molecule has 484 valence electrons. The van der Waals surface area contributed by atoms with Gasteiger partial charge in [-0.1, -0.05) is 378 Å². The molecule has 6 nitrogen and oxygen atoms in total. The average molecular weight is 1150 g/mol. The first-order valence-electron chi connectivity index (χ1n) is 37.3. The molecule has 0 saturated carbocycles. The minimum Gasteiger partial charge on any atom is -0.466 e. The highest BCUT2D eigenvalue weighted by Gasteiger charge is 2.18. The zero-order chi connectivity index (χ0) is 59.2. The summed E-state index contributed by atoms with van der Waals surface area (Å²) in [5.41, 5.74) is 0. The summed E-state index contributed by atoms with van der Waals surface area (Å²) >= 11 is 0. The van der Waals surface area contributed by atoms with Crippen LogP contribution in [-0.2, 0) is 14.3 Å². The summed E-state index contributed by atoms with van der Waals surface area (Å²) in [5, 5.41) is 23.1. The number of carbonyl (C=O) groups excluding carboxylic acids is 2. The fourth-order valence-electron chi connectivity index (χ4n) is 11.7. The molecule has 0 aliphatic heterocycles. The van der Waals surface area contributed by atoms with E-state index in [9.17, 15) is 19.8 Å². The lowest BCUT2D eigenvalue weighted by Crippen LogP contribution is -2.45. The smallest absolute Gasteiger partial charge is 0.305 e. The monoisotopic (exact) mass is 1150 g/mol. The molecule has 0 aromatic heterocycles. The number of rotatable bonds is 70. The highest BCUT2D eigenvalue weighted by Crippen LogP contribution is 2.19. The van der Waals surface area contributed by atoms with Crippen LogP contribution in [0.4, 0.5) is 0 Å². The van der Waals surface area contributed by atoms with Gasteiger partial charge in [0.2, 0.25) is 5.91 Å². The number of esters is 1. The molecule has 2 unspecified atom stereocenters. The number of unbranched alkanes of at least 4 members (excludes halogenated alkanes) is 55.